The highest BCUT2D eigenvalue weighted by Crippen LogP contribution is 2.26. The summed E-state index contributed by atoms with van der Waals surface area (Å²) >= 11 is 0. The van der Waals surface area contributed by atoms with Gasteiger partial charge in [-0.1, -0.05) is 61.9 Å². The lowest BCUT2D eigenvalue weighted by Crippen LogP contribution is -2.25. The van der Waals surface area contributed by atoms with Crippen LogP contribution < -0.4 is 9.47 Å². The highest BCUT2D eigenvalue weighted by molar-refractivity contribution is 5.75. The van der Waals surface area contributed by atoms with Gasteiger partial charge >= 0.3 is 0 Å². The molecule has 1 aromatic heterocycles. The summed E-state index contributed by atoms with van der Waals surface area (Å²) in [6, 6.07) is 22.1. The molecule has 1 atom stereocenters. The fourth-order valence-electron chi connectivity index (χ4n) is 4.08. The molecule has 0 aliphatic carbocycles. The molecular weight excluding hydrogens is 412 g/mol. The van der Waals surface area contributed by atoms with Gasteiger partial charge in [-0.2, -0.15) is 0 Å². The van der Waals surface area contributed by atoms with Gasteiger partial charge in [-0.15, -0.1) is 0 Å². The average molecular weight is 445 g/mol. The number of hydrogen-bond donors (Lipinski definition) is 1. The molecule has 0 spiro atoms. The maximum atomic E-state index is 10.8. The normalized spacial score (nSPS) is 12.3. The molecule has 33 heavy (non-hydrogen) atoms. The maximum absolute atomic E-state index is 10.8. The summed E-state index contributed by atoms with van der Waals surface area (Å²) in [5, 5.41) is 10.8. The Labute approximate surface area is 195 Å². The predicted octanol–water partition coefficient (Wildman–Crippen LogP) is 5.80. The summed E-state index contributed by atoms with van der Waals surface area (Å²) in [6.45, 7) is 9.28. The average Bonchev–Trinajstić information content (AvgIpc) is 3.14. The minimum absolute atomic E-state index is 0.202. The van der Waals surface area contributed by atoms with E-state index in [0.717, 1.165) is 39.5 Å². The van der Waals surface area contributed by atoms with E-state index in [2.05, 4.69) is 32.9 Å². The minimum Gasteiger partial charge on any atom is -0.491 e. The molecule has 0 aliphatic rings. The molecule has 0 aliphatic heterocycles. The lowest BCUT2D eigenvalue weighted by molar-refractivity contribution is 0.0911. The zero-order valence-electron chi connectivity index (χ0n) is 19.8. The van der Waals surface area contributed by atoms with Gasteiger partial charge in [0.1, 0.15) is 36.6 Å². The Bertz CT molecular complexity index is 1230. The van der Waals surface area contributed by atoms with Gasteiger partial charge in [0.25, 0.3) is 0 Å². The molecule has 4 aromatic rings. The summed E-state index contributed by atoms with van der Waals surface area (Å²) in [5.74, 6) is 2.79. The third kappa shape index (κ3) is 5.37. The number of benzene rings is 3. The standard InChI is InChI=1S/C28H32N2O3/c1-19(2)23-9-5-8-12-27(23)32-17-22(31)16-30-25-11-7-6-10-24(25)29-28(30)18-33-26-14-13-20(3)15-21(26)4/h5-15,19,22,31H,16-18H2,1-4H3. The first-order chi connectivity index (χ1) is 15.9. The number of aliphatic hydroxyl groups is 1. The Kier molecular flexibility index (Phi) is 6.99. The van der Waals surface area contributed by atoms with E-state index in [4.69, 9.17) is 14.5 Å². The molecule has 1 unspecified atom stereocenters. The molecule has 0 saturated heterocycles. The van der Waals surface area contributed by atoms with E-state index in [9.17, 15) is 5.11 Å². The zero-order chi connectivity index (χ0) is 23.4. The first kappa shape index (κ1) is 22.9. The van der Waals surface area contributed by atoms with Crippen molar-refractivity contribution < 1.29 is 14.6 Å². The summed E-state index contributed by atoms with van der Waals surface area (Å²) in [5.41, 5.74) is 5.29. The quantitative estimate of drug-likeness (QED) is 0.355. The van der Waals surface area contributed by atoms with Gasteiger partial charge in [-0.3, -0.25) is 0 Å². The number of aliphatic hydroxyl groups excluding tert-OH is 1. The van der Waals surface area contributed by atoms with E-state index in [1.165, 1.54) is 5.56 Å². The Hall–Kier alpha value is -3.31. The van der Waals surface area contributed by atoms with E-state index in [1.807, 2.05) is 66.1 Å². The monoisotopic (exact) mass is 444 g/mol. The van der Waals surface area contributed by atoms with Crippen molar-refractivity contribution in [1.29, 1.82) is 0 Å². The molecule has 0 saturated carbocycles. The second kappa shape index (κ2) is 10.1. The van der Waals surface area contributed by atoms with E-state index in [0.29, 0.717) is 19.1 Å². The number of aromatic nitrogens is 2. The van der Waals surface area contributed by atoms with Crippen LogP contribution in [0.5, 0.6) is 11.5 Å². The van der Waals surface area contributed by atoms with E-state index < -0.39 is 6.10 Å². The third-order valence-corrected chi connectivity index (χ3v) is 5.79. The molecule has 1 N–H and O–H groups in total. The molecule has 4 rings (SSSR count). The minimum atomic E-state index is -0.692. The van der Waals surface area contributed by atoms with Gasteiger partial charge in [-0.25, -0.2) is 4.98 Å². The zero-order valence-corrected chi connectivity index (χ0v) is 19.8. The second-order valence-electron chi connectivity index (χ2n) is 8.84. The number of imidazole rings is 1. The number of aryl methyl sites for hydroxylation is 2. The van der Waals surface area contributed by atoms with Gasteiger partial charge in [0.15, 0.2) is 0 Å². The summed E-state index contributed by atoms with van der Waals surface area (Å²) in [4.78, 5) is 4.77. The summed E-state index contributed by atoms with van der Waals surface area (Å²) in [7, 11) is 0. The lowest BCUT2D eigenvalue weighted by atomic mass is 10.0. The van der Waals surface area contributed by atoms with Gasteiger partial charge < -0.3 is 19.1 Å². The van der Waals surface area contributed by atoms with Crippen molar-refractivity contribution in [2.24, 2.45) is 0 Å². The molecule has 1 heterocycles. The topological polar surface area (TPSA) is 56.5 Å². The lowest BCUT2D eigenvalue weighted by Gasteiger charge is -2.18. The van der Waals surface area contributed by atoms with E-state index in [-0.39, 0.29) is 6.61 Å². The number of hydrogen-bond acceptors (Lipinski definition) is 4. The van der Waals surface area contributed by atoms with Crippen LogP contribution in [0.15, 0.2) is 66.7 Å². The molecule has 5 heteroatoms. The molecule has 172 valence electrons. The Balaban J connectivity index is 1.50. The fourth-order valence-corrected chi connectivity index (χ4v) is 4.08. The van der Waals surface area contributed by atoms with Crippen molar-refractivity contribution in [3.63, 3.8) is 0 Å². The van der Waals surface area contributed by atoms with Crippen LogP contribution >= 0.6 is 0 Å². The molecular formula is C28H32N2O3. The van der Waals surface area contributed by atoms with Gasteiger partial charge in [0.05, 0.1) is 17.6 Å². The Morgan fingerprint density at radius 1 is 0.909 bits per heavy atom. The van der Waals surface area contributed by atoms with E-state index >= 15 is 0 Å². The number of para-hydroxylation sites is 3. The van der Waals surface area contributed by atoms with Gasteiger partial charge in [-0.05, 0) is 55.2 Å². The largest absolute Gasteiger partial charge is 0.491 e. The number of nitrogens with zero attached hydrogens (tertiary/aromatic N) is 2. The molecule has 0 radical (unpaired) electrons. The maximum Gasteiger partial charge on any atom is 0.148 e. The number of ether oxygens (including phenoxy) is 2. The van der Waals surface area contributed by atoms with Crippen LogP contribution in [0.3, 0.4) is 0 Å². The molecule has 5 nitrogen and oxygen atoms in total. The van der Waals surface area contributed by atoms with Crippen LogP contribution in [0.25, 0.3) is 11.0 Å². The fraction of sp³-hybridized carbons (Fsp3) is 0.321. The Morgan fingerprint density at radius 3 is 2.45 bits per heavy atom. The van der Waals surface area contributed by atoms with Gasteiger partial charge in [0.2, 0.25) is 0 Å². The highest BCUT2D eigenvalue weighted by atomic mass is 16.5. The Morgan fingerprint density at radius 2 is 1.67 bits per heavy atom. The van der Waals surface area contributed by atoms with Crippen LogP contribution in [0.4, 0.5) is 0 Å². The smallest absolute Gasteiger partial charge is 0.148 e. The SMILES string of the molecule is Cc1ccc(OCc2nc3ccccc3n2CC(O)COc2ccccc2C(C)C)c(C)c1. The number of fused-ring (bicyclic) bond motifs is 1. The number of rotatable bonds is 9. The molecule has 3 aromatic carbocycles. The second-order valence-corrected chi connectivity index (χ2v) is 8.84. The van der Waals surface area contributed by atoms with Crippen molar-refractivity contribution in [2.75, 3.05) is 6.61 Å². The van der Waals surface area contributed by atoms with Gasteiger partial charge in [0, 0.05) is 0 Å². The van der Waals surface area contributed by atoms with Crippen molar-refractivity contribution in [2.45, 2.75) is 52.9 Å². The summed E-state index contributed by atoms with van der Waals surface area (Å²) in [6.07, 6.45) is -0.692. The highest BCUT2D eigenvalue weighted by Gasteiger charge is 2.16. The molecule has 0 amide bonds. The van der Waals surface area contributed by atoms with Crippen LogP contribution in [0.1, 0.15) is 42.3 Å². The summed E-state index contributed by atoms with van der Waals surface area (Å²) < 4.78 is 14.1. The molecule has 0 fully saturated rings. The van der Waals surface area contributed by atoms with Crippen LogP contribution in [-0.2, 0) is 13.2 Å². The first-order valence-electron chi connectivity index (χ1n) is 11.5. The van der Waals surface area contributed by atoms with Crippen molar-refractivity contribution in [3.05, 3.63) is 89.2 Å². The van der Waals surface area contributed by atoms with Crippen LogP contribution in [0.2, 0.25) is 0 Å². The van der Waals surface area contributed by atoms with Crippen molar-refractivity contribution in [1.82, 2.24) is 9.55 Å². The van der Waals surface area contributed by atoms with Crippen molar-refractivity contribution >= 4 is 11.0 Å². The molecule has 0 bridgehead atoms. The third-order valence-electron chi connectivity index (χ3n) is 5.79. The van der Waals surface area contributed by atoms with Crippen LogP contribution in [0, 0.1) is 13.8 Å². The van der Waals surface area contributed by atoms with Crippen molar-refractivity contribution in [3.8, 4) is 11.5 Å². The predicted molar refractivity (Wildman–Crippen MR) is 132 cm³/mol. The van der Waals surface area contributed by atoms with Crippen LogP contribution in [-0.4, -0.2) is 27.4 Å². The van der Waals surface area contributed by atoms with E-state index in [1.54, 1.807) is 0 Å². The first-order valence-corrected chi connectivity index (χ1v) is 11.5.